The Balaban J connectivity index is 2.03. The summed E-state index contributed by atoms with van der Waals surface area (Å²) in [6.45, 7) is 5.69. The van der Waals surface area contributed by atoms with Gasteiger partial charge in [-0.05, 0) is 86.5 Å². The van der Waals surface area contributed by atoms with Gasteiger partial charge in [0.25, 0.3) is 10.0 Å². The molecule has 3 aromatic carbocycles. The second-order valence-electron chi connectivity index (χ2n) is 9.47. The van der Waals surface area contributed by atoms with Crippen molar-refractivity contribution in [2.24, 2.45) is 0 Å². The van der Waals surface area contributed by atoms with Crippen molar-refractivity contribution in [3.05, 3.63) is 87.4 Å². The molecular weight excluding hydrogens is 621 g/mol. The Morgan fingerprint density at radius 3 is 2.17 bits per heavy atom. The molecule has 0 unspecified atom stereocenters. The molecule has 0 aliphatic carbocycles. The van der Waals surface area contributed by atoms with Gasteiger partial charge in [-0.1, -0.05) is 54.2 Å². The zero-order valence-corrected chi connectivity index (χ0v) is 26.7. The lowest BCUT2D eigenvalue weighted by Crippen LogP contribution is -2.51. The van der Waals surface area contributed by atoms with E-state index in [1.807, 2.05) is 13.8 Å². The number of nitrogens with one attached hydrogen (secondary N) is 1. The quantitative estimate of drug-likeness (QED) is 0.198. The van der Waals surface area contributed by atoms with Gasteiger partial charge < -0.3 is 15.0 Å². The molecule has 0 bridgehead atoms. The van der Waals surface area contributed by atoms with Gasteiger partial charge in [0, 0.05) is 28.2 Å². The number of halogens is 3. The number of sulfonamides is 1. The predicted molar refractivity (Wildman–Crippen MR) is 168 cm³/mol. The van der Waals surface area contributed by atoms with E-state index in [4.69, 9.17) is 39.5 Å². The molecule has 0 radical (unpaired) electrons. The van der Waals surface area contributed by atoms with Crippen LogP contribution in [-0.4, -0.2) is 50.9 Å². The van der Waals surface area contributed by atoms with Crippen LogP contribution < -0.4 is 14.4 Å². The molecule has 3 rings (SSSR count). The minimum atomic E-state index is -4.23. The number of carbonyl (C=O) groups is 2. The Bertz CT molecular complexity index is 1470. The molecule has 0 saturated carbocycles. The molecule has 1 atom stereocenters. The zero-order valence-electron chi connectivity index (χ0n) is 23.6. The first-order valence-corrected chi connectivity index (χ1v) is 16.1. The van der Waals surface area contributed by atoms with E-state index in [1.54, 1.807) is 49.4 Å². The number of unbranched alkanes of at least 4 members (excludes halogenated alkanes) is 1. The van der Waals surface area contributed by atoms with Gasteiger partial charge in [-0.15, -0.1) is 0 Å². The molecule has 0 aromatic heterocycles. The van der Waals surface area contributed by atoms with E-state index in [-0.39, 0.29) is 23.0 Å². The van der Waals surface area contributed by atoms with E-state index in [9.17, 15) is 18.0 Å². The van der Waals surface area contributed by atoms with Crippen LogP contribution in [0, 0.1) is 0 Å². The average Bonchev–Trinajstić information content (AvgIpc) is 2.96. The molecule has 0 saturated heterocycles. The number of ether oxygens (including phenoxy) is 1. The number of nitrogens with zero attached hydrogens (tertiary/aromatic N) is 2. The maximum atomic E-state index is 14.0. The number of anilines is 1. The number of hydrogen-bond donors (Lipinski definition) is 1. The molecule has 2 amide bonds. The maximum absolute atomic E-state index is 14.0. The van der Waals surface area contributed by atoms with Gasteiger partial charge in [-0.2, -0.15) is 0 Å². The first kappa shape index (κ1) is 33.5. The second-order valence-corrected chi connectivity index (χ2v) is 12.6. The predicted octanol–water partition coefficient (Wildman–Crippen LogP) is 6.57. The summed E-state index contributed by atoms with van der Waals surface area (Å²) in [5, 5.41) is 3.95. The van der Waals surface area contributed by atoms with Crippen molar-refractivity contribution in [1.29, 1.82) is 0 Å². The Morgan fingerprint density at radius 1 is 0.929 bits per heavy atom. The first-order valence-electron chi connectivity index (χ1n) is 13.5. The van der Waals surface area contributed by atoms with Crippen molar-refractivity contribution in [3.8, 4) is 5.75 Å². The third-order valence-corrected chi connectivity index (χ3v) is 9.10. The number of benzene rings is 3. The monoisotopic (exact) mass is 653 g/mol. The highest BCUT2D eigenvalue weighted by Crippen LogP contribution is 2.28. The Hall–Kier alpha value is -2.98. The Morgan fingerprint density at radius 2 is 1.57 bits per heavy atom. The molecule has 42 heavy (non-hydrogen) atoms. The van der Waals surface area contributed by atoms with Crippen LogP contribution in [0.25, 0.3) is 0 Å². The maximum Gasteiger partial charge on any atom is 0.264 e. The summed E-state index contributed by atoms with van der Waals surface area (Å²) in [6.07, 6.45) is 1.66. The molecule has 12 heteroatoms. The summed E-state index contributed by atoms with van der Waals surface area (Å²) in [4.78, 5) is 28.4. The van der Waals surface area contributed by atoms with E-state index in [2.05, 4.69) is 5.32 Å². The molecule has 0 fully saturated rings. The van der Waals surface area contributed by atoms with Crippen LogP contribution in [-0.2, 0) is 26.2 Å². The van der Waals surface area contributed by atoms with Crippen molar-refractivity contribution in [1.82, 2.24) is 10.2 Å². The van der Waals surface area contributed by atoms with Crippen LogP contribution in [0.2, 0.25) is 15.1 Å². The SMILES string of the molecule is CCCCNC(=O)[C@@H](C)N(Cc1ccc(Cl)cc1Cl)C(=O)CN(c1ccc(OCC)cc1)S(=O)(=O)c1ccc(Cl)cc1. The molecule has 226 valence electrons. The highest BCUT2D eigenvalue weighted by atomic mass is 35.5. The van der Waals surface area contributed by atoms with Gasteiger partial charge in [0.05, 0.1) is 17.2 Å². The summed E-state index contributed by atoms with van der Waals surface area (Å²) in [6, 6.07) is 16.0. The molecule has 0 aliphatic rings. The van der Waals surface area contributed by atoms with Crippen LogP contribution in [0.3, 0.4) is 0 Å². The van der Waals surface area contributed by atoms with Gasteiger partial charge in [0.1, 0.15) is 18.3 Å². The van der Waals surface area contributed by atoms with Crippen molar-refractivity contribution in [3.63, 3.8) is 0 Å². The molecule has 0 heterocycles. The summed E-state index contributed by atoms with van der Waals surface area (Å²) < 4.78 is 34.3. The Kier molecular flexibility index (Phi) is 12.4. The number of rotatable bonds is 14. The molecule has 3 aromatic rings. The molecule has 1 N–H and O–H groups in total. The van der Waals surface area contributed by atoms with Gasteiger partial charge >= 0.3 is 0 Å². The van der Waals surface area contributed by atoms with Crippen LogP contribution >= 0.6 is 34.8 Å². The Labute approximate surface area is 262 Å². The lowest BCUT2D eigenvalue weighted by Gasteiger charge is -2.32. The number of carbonyl (C=O) groups excluding carboxylic acids is 2. The minimum Gasteiger partial charge on any atom is -0.494 e. The van der Waals surface area contributed by atoms with E-state index in [0.29, 0.717) is 39.5 Å². The zero-order chi connectivity index (χ0) is 30.9. The van der Waals surface area contributed by atoms with Crippen LogP contribution in [0.5, 0.6) is 5.75 Å². The number of hydrogen-bond acceptors (Lipinski definition) is 5. The lowest BCUT2D eigenvalue weighted by atomic mass is 10.1. The van der Waals surface area contributed by atoms with Crippen molar-refractivity contribution < 1.29 is 22.7 Å². The average molecular weight is 655 g/mol. The third-order valence-electron chi connectivity index (χ3n) is 6.47. The van der Waals surface area contributed by atoms with Gasteiger partial charge in [0.15, 0.2) is 0 Å². The van der Waals surface area contributed by atoms with Crippen LogP contribution in [0.4, 0.5) is 5.69 Å². The van der Waals surface area contributed by atoms with Gasteiger partial charge in [-0.3, -0.25) is 13.9 Å². The van der Waals surface area contributed by atoms with E-state index >= 15 is 0 Å². The first-order chi connectivity index (χ1) is 20.0. The molecule has 8 nitrogen and oxygen atoms in total. The summed E-state index contributed by atoms with van der Waals surface area (Å²) in [5.41, 5.74) is 0.794. The molecule has 0 spiro atoms. The second kappa shape index (κ2) is 15.5. The van der Waals surface area contributed by atoms with Crippen molar-refractivity contribution in [2.75, 3.05) is 24.0 Å². The van der Waals surface area contributed by atoms with E-state index < -0.39 is 28.5 Å². The largest absolute Gasteiger partial charge is 0.494 e. The van der Waals surface area contributed by atoms with E-state index in [0.717, 1.165) is 17.1 Å². The normalized spacial score (nSPS) is 12.0. The fourth-order valence-corrected chi connectivity index (χ4v) is 6.10. The highest BCUT2D eigenvalue weighted by Gasteiger charge is 2.33. The summed E-state index contributed by atoms with van der Waals surface area (Å²) >= 11 is 18.5. The lowest BCUT2D eigenvalue weighted by molar-refractivity contribution is -0.139. The molecular formula is C30H34Cl3N3O5S. The van der Waals surface area contributed by atoms with Crippen LogP contribution in [0.1, 0.15) is 39.2 Å². The van der Waals surface area contributed by atoms with Gasteiger partial charge in [-0.25, -0.2) is 8.42 Å². The minimum absolute atomic E-state index is 0.0463. The van der Waals surface area contributed by atoms with Crippen LogP contribution in [0.15, 0.2) is 71.6 Å². The fraction of sp³-hybridized carbons (Fsp3) is 0.333. The van der Waals surface area contributed by atoms with Crippen molar-refractivity contribution in [2.45, 2.75) is 51.1 Å². The van der Waals surface area contributed by atoms with Gasteiger partial charge in [0.2, 0.25) is 11.8 Å². The smallest absolute Gasteiger partial charge is 0.264 e. The standard InChI is InChI=1S/C30H34Cl3N3O5S/c1-4-6-17-34-30(38)21(3)35(19-22-7-8-24(32)18-28(22)33)29(37)20-36(25-11-13-26(14-12-25)41-5-2)42(39,40)27-15-9-23(31)10-16-27/h7-16,18,21H,4-6,17,19-20H2,1-3H3,(H,34,38)/t21-/m1/s1. The molecule has 0 aliphatic heterocycles. The highest BCUT2D eigenvalue weighted by molar-refractivity contribution is 7.92. The topological polar surface area (TPSA) is 96.0 Å². The third kappa shape index (κ3) is 8.77. The number of amides is 2. The summed E-state index contributed by atoms with van der Waals surface area (Å²) in [5.74, 6) is -0.423. The van der Waals surface area contributed by atoms with E-state index in [1.165, 1.54) is 29.2 Å². The van der Waals surface area contributed by atoms with Crippen molar-refractivity contribution >= 4 is 62.3 Å². The fourth-order valence-electron chi connectivity index (χ4n) is 4.09. The summed E-state index contributed by atoms with van der Waals surface area (Å²) in [7, 11) is -4.23.